The molecule has 0 aliphatic rings. The molecule has 0 spiro atoms. The number of aromatic nitrogens is 1. The van der Waals surface area contributed by atoms with Crippen molar-refractivity contribution in [3.63, 3.8) is 0 Å². The Morgan fingerprint density at radius 1 is 1.30 bits per heavy atom. The van der Waals surface area contributed by atoms with Crippen molar-refractivity contribution in [1.29, 1.82) is 0 Å². The Bertz CT molecular complexity index is 473. The molecule has 0 aliphatic heterocycles. The fraction of sp³-hybridized carbons (Fsp3) is 0.714. The van der Waals surface area contributed by atoms with E-state index in [1.807, 2.05) is 0 Å². The first-order valence-corrected chi connectivity index (χ1v) is 8.24. The highest BCUT2D eigenvalue weighted by atomic mass is 127. The second-order valence-corrected chi connectivity index (χ2v) is 5.88. The number of halogens is 4. The maximum Gasteiger partial charge on any atom is 0.434 e. The molecular weight excluding hydrogens is 440 g/mol. The molecule has 0 fully saturated rings. The summed E-state index contributed by atoms with van der Waals surface area (Å²) in [7, 11) is 1.67. The number of nitrogens with one attached hydrogen (secondary N) is 2. The zero-order valence-electron chi connectivity index (χ0n) is 13.5. The van der Waals surface area contributed by atoms with E-state index in [1.54, 1.807) is 7.05 Å². The molecule has 9 heteroatoms. The van der Waals surface area contributed by atoms with Crippen LogP contribution in [0.5, 0.6) is 0 Å². The highest BCUT2D eigenvalue weighted by molar-refractivity contribution is 14.0. The van der Waals surface area contributed by atoms with Crippen LogP contribution in [0.1, 0.15) is 37.4 Å². The van der Waals surface area contributed by atoms with E-state index in [1.165, 1.54) is 0 Å². The SMILES string of the molecule is CCC(CC)CNC(=NC)NCCc1nc(C(F)(F)F)cs1.I. The number of guanidine groups is 1. The summed E-state index contributed by atoms with van der Waals surface area (Å²) < 4.78 is 37.3. The molecule has 2 N–H and O–H groups in total. The first-order chi connectivity index (χ1) is 10.4. The minimum absolute atomic E-state index is 0. The Morgan fingerprint density at radius 3 is 2.43 bits per heavy atom. The third-order valence-electron chi connectivity index (χ3n) is 3.41. The summed E-state index contributed by atoms with van der Waals surface area (Å²) in [6.07, 6.45) is -1.73. The van der Waals surface area contributed by atoms with Gasteiger partial charge in [0.1, 0.15) is 0 Å². The Balaban J connectivity index is 0.00000484. The summed E-state index contributed by atoms with van der Waals surface area (Å²) >= 11 is 1.03. The molecule has 0 saturated heterocycles. The number of hydrogen-bond donors (Lipinski definition) is 2. The molecule has 4 nitrogen and oxygen atoms in total. The van der Waals surface area contributed by atoms with E-state index < -0.39 is 11.9 Å². The van der Waals surface area contributed by atoms with Gasteiger partial charge in [0.05, 0.1) is 5.01 Å². The average Bonchev–Trinajstić information content (AvgIpc) is 2.95. The molecule has 0 amide bonds. The number of hydrogen-bond acceptors (Lipinski definition) is 3. The molecular formula is C14H24F3IN4S. The Kier molecular flexibility index (Phi) is 10.8. The van der Waals surface area contributed by atoms with Crippen LogP contribution in [-0.2, 0) is 12.6 Å². The van der Waals surface area contributed by atoms with E-state index in [0.29, 0.717) is 29.9 Å². The molecule has 1 heterocycles. The van der Waals surface area contributed by atoms with Crippen LogP contribution in [-0.4, -0.2) is 31.1 Å². The van der Waals surface area contributed by atoms with Gasteiger partial charge >= 0.3 is 6.18 Å². The van der Waals surface area contributed by atoms with Gasteiger partial charge in [-0.15, -0.1) is 35.3 Å². The molecule has 0 radical (unpaired) electrons. The van der Waals surface area contributed by atoms with Crippen molar-refractivity contribution < 1.29 is 13.2 Å². The van der Waals surface area contributed by atoms with Crippen LogP contribution in [0.15, 0.2) is 10.4 Å². The highest BCUT2D eigenvalue weighted by Gasteiger charge is 2.33. The molecule has 0 unspecified atom stereocenters. The van der Waals surface area contributed by atoms with Crippen LogP contribution in [0.3, 0.4) is 0 Å². The Hall–Kier alpha value is -0.580. The Morgan fingerprint density at radius 2 is 1.96 bits per heavy atom. The van der Waals surface area contributed by atoms with E-state index in [2.05, 4.69) is 34.5 Å². The van der Waals surface area contributed by atoms with Gasteiger partial charge in [-0.05, 0) is 5.92 Å². The maximum atomic E-state index is 12.4. The van der Waals surface area contributed by atoms with E-state index >= 15 is 0 Å². The lowest BCUT2D eigenvalue weighted by Gasteiger charge is -2.16. The lowest BCUT2D eigenvalue weighted by atomic mass is 10.0. The van der Waals surface area contributed by atoms with Gasteiger partial charge in [-0.25, -0.2) is 4.98 Å². The molecule has 0 aromatic carbocycles. The molecule has 0 aliphatic carbocycles. The first-order valence-electron chi connectivity index (χ1n) is 7.36. The summed E-state index contributed by atoms with van der Waals surface area (Å²) in [5.41, 5.74) is -0.816. The van der Waals surface area contributed by atoms with Crippen LogP contribution in [0.4, 0.5) is 13.2 Å². The van der Waals surface area contributed by atoms with Crippen LogP contribution >= 0.6 is 35.3 Å². The van der Waals surface area contributed by atoms with Gasteiger partial charge in [-0.1, -0.05) is 26.7 Å². The van der Waals surface area contributed by atoms with E-state index in [-0.39, 0.29) is 24.0 Å². The lowest BCUT2D eigenvalue weighted by molar-refractivity contribution is -0.140. The van der Waals surface area contributed by atoms with Gasteiger partial charge < -0.3 is 10.6 Å². The van der Waals surface area contributed by atoms with Crippen LogP contribution in [0, 0.1) is 5.92 Å². The standard InChI is InChI=1S/C14H23F3N4S.HI/c1-4-10(5-2)8-20-13(18-3)19-7-6-12-21-11(9-22-12)14(15,16)17;/h9-10H,4-8H2,1-3H3,(H2,18,19,20);1H. The van der Waals surface area contributed by atoms with Crippen molar-refractivity contribution in [3.05, 3.63) is 16.1 Å². The van der Waals surface area contributed by atoms with Crippen LogP contribution in [0.25, 0.3) is 0 Å². The minimum Gasteiger partial charge on any atom is -0.356 e. The summed E-state index contributed by atoms with van der Waals surface area (Å²) in [4.78, 5) is 7.70. The number of thiazole rings is 1. The maximum absolute atomic E-state index is 12.4. The normalized spacial score (nSPS) is 12.2. The summed E-state index contributed by atoms with van der Waals surface area (Å²) in [5.74, 6) is 1.26. The molecule has 134 valence electrons. The van der Waals surface area contributed by atoms with Crippen molar-refractivity contribution in [2.45, 2.75) is 39.3 Å². The van der Waals surface area contributed by atoms with E-state index in [4.69, 9.17) is 0 Å². The molecule has 0 atom stereocenters. The molecule has 23 heavy (non-hydrogen) atoms. The van der Waals surface area contributed by atoms with Crippen LogP contribution < -0.4 is 10.6 Å². The fourth-order valence-electron chi connectivity index (χ4n) is 1.88. The van der Waals surface area contributed by atoms with Crippen LogP contribution in [0.2, 0.25) is 0 Å². The Labute approximate surface area is 156 Å². The van der Waals surface area contributed by atoms with Gasteiger partial charge in [-0.2, -0.15) is 13.2 Å². The van der Waals surface area contributed by atoms with E-state index in [9.17, 15) is 13.2 Å². The van der Waals surface area contributed by atoms with Gasteiger partial charge in [-0.3, -0.25) is 4.99 Å². The summed E-state index contributed by atoms with van der Waals surface area (Å²) in [6.45, 7) is 5.62. The number of rotatable bonds is 7. The second kappa shape index (κ2) is 11.1. The molecule has 1 aromatic rings. The zero-order chi connectivity index (χ0) is 16.6. The van der Waals surface area contributed by atoms with Crippen molar-refractivity contribution in [2.24, 2.45) is 10.9 Å². The summed E-state index contributed by atoms with van der Waals surface area (Å²) in [5, 5.41) is 7.84. The van der Waals surface area contributed by atoms with Gasteiger partial charge in [0.2, 0.25) is 0 Å². The molecule has 0 saturated carbocycles. The lowest BCUT2D eigenvalue weighted by Crippen LogP contribution is -2.40. The third-order valence-corrected chi connectivity index (χ3v) is 4.32. The summed E-state index contributed by atoms with van der Waals surface area (Å²) in [6, 6.07) is 0. The van der Waals surface area contributed by atoms with Gasteiger partial charge in [0, 0.05) is 31.9 Å². The quantitative estimate of drug-likeness (QED) is 0.366. The first kappa shape index (κ1) is 22.4. The minimum atomic E-state index is -4.37. The number of alkyl halides is 3. The average molecular weight is 464 g/mol. The van der Waals surface area contributed by atoms with Crippen molar-refractivity contribution in [3.8, 4) is 0 Å². The smallest absolute Gasteiger partial charge is 0.356 e. The van der Waals surface area contributed by atoms with Crippen molar-refractivity contribution >= 4 is 41.3 Å². The highest BCUT2D eigenvalue weighted by Crippen LogP contribution is 2.29. The molecule has 1 aromatic heterocycles. The monoisotopic (exact) mass is 464 g/mol. The van der Waals surface area contributed by atoms with Crippen molar-refractivity contribution in [2.75, 3.05) is 20.1 Å². The van der Waals surface area contributed by atoms with Crippen molar-refractivity contribution in [1.82, 2.24) is 15.6 Å². The van der Waals surface area contributed by atoms with Gasteiger partial charge in [0.15, 0.2) is 11.7 Å². The number of nitrogens with zero attached hydrogens (tertiary/aromatic N) is 2. The largest absolute Gasteiger partial charge is 0.434 e. The van der Waals surface area contributed by atoms with E-state index in [0.717, 1.165) is 36.1 Å². The second-order valence-electron chi connectivity index (χ2n) is 4.94. The molecule has 1 rings (SSSR count). The zero-order valence-corrected chi connectivity index (χ0v) is 16.7. The molecule has 0 bridgehead atoms. The van der Waals surface area contributed by atoms with Gasteiger partial charge in [0.25, 0.3) is 0 Å². The predicted molar refractivity (Wildman–Crippen MR) is 99.7 cm³/mol. The predicted octanol–water partition coefficient (Wildman–Crippen LogP) is 3.92. The topological polar surface area (TPSA) is 49.3 Å². The number of aliphatic imine (C=N–C) groups is 1. The third kappa shape index (κ3) is 8.18. The fourth-order valence-corrected chi connectivity index (χ4v) is 2.69.